The zero-order chi connectivity index (χ0) is 21.8. The van der Waals surface area contributed by atoms with Gasteiger partial charge in [-0.3, -0.25) is 0 Å². The first-order valence-corrected chi connectivity index (χ1v) is 11.8. The van der Waals surface area contributed by atoms with Gasteiger partial charge < -0.3 is 4.57 Å². The summed E-state index contributed by atoms with van der Waals surface area (Å²) in [6, 6.07) is 10.5. The van der Waals surface area contributed by atoms with Gasteiger partial charge in [0.1, 0.15) is 23.3 Å². The van der Waals surface area contributed by atoms with Gasteiger partial charge in [-0.05, 0) is 45.2 Å². The Kier molecular flexibility index (Phi) is 4.59. The van der Waals surface area contributed by atoms with Gasteiger partial charge in [-0.25, -0.2) is 19.9 Å². The molecule has 7 nitrogen and oxygen atoms in total. The molecule has 0 saturated heterocycles. The first kappa shape index (κ1) is 19.6. The summed E-state index contributed by atoms with van der Waals surface area (Å²) in [6.07, 6.45) is 7.31. The van der Waals surface area contributed by atoms with Crippen LogP contribution < -0.4 is 0 Å². The SMILES string of the molecule is Cc1nc(C2CC2c2nc3ccccc3n2C)cc(-n2nc(C)nc2C2CCCCC2)n1. The molecule has 2 aliphatic carbocycles. The number of nitrogens with zero attached hydrogens (tertiary/aromatic N) is 7. The van der Waals surface area contributed by atoms with E-state index in [9.17, 15) is 0 Å². The number of aryl methyl sites for hydroxylation is 3. The maximum Gasteiger partial charge on any atom is 0.159 e. The van der Waals surface area contributed by atoms with Crippen LogP contribution in [0.1, 0.15) is 85.3 Å². The van der Waals surface area contributed by atoms with E-state index in [1.54, 1.807) is 0 Å². The van der Waals surface area contributed by atoms with Crippen LogP contribution in [0.2, 0.25) is 0 Å². The third-order valence-corrected chi connectivity index (χ3v) is 7.09. The van der Waals surface area contributed by atoms with Crippen LogP contribution in [0.4, 0.5) is 0 Å². The van der Waals surface area contributed by atoms with Crippen molar-refractivity contribution in [3.05, 3.63) is 59.3 Å². The molecule has 0 N–H and O–H groups in total. The van der Waals surface area contributed by atoms with Crippen LogP contribution in [0.25, 0.3) is 16.9 Å². The Bertz CT molecular complexity index is 1300. The predicted octanol–water partition coefficient (Wildman–Crippen LogP) is 4.88. The van der Waals surface area contributed by atoms with E-state index in [1.165, 1.54) is 37.6 Å². The zero-order valence-corrected chi connectivity index (χ0v) is 19.0. The minimum atomic E-state index is 0.369. The number of para-hydroxylation sites is 2. The van der Waals surface area contributed by atoms with Crippen LogP contribution in [-0.4, -0.2) is 34.3 Å². The average molecular weight is 428 g/mol. The van der Waals surface area contributed by atoms with Crippen molar-refractivity contribution in [2.24, 2.45) is 7.05 Å². The molecule has 3 heterocycles. The third kappa shape index (κ3) is 3.31. The third-order valence-electron chi connectivity index (χ3n) is 7.09. The quantitative estimate of drug-likeness (QED) is 0.464. The van der Waals surface area contributed by atoms with Crippen molar-refractivity contribution in [2.45, 2.75) is 70.1 Å². The smallest absolute Gasteiger partial charge is 0.159 e. The minimum Gasteiger partial charge on any atom is -0.331 e. The highest BCUT2D eigenvalue weighted by Gasteiger charge is 2.44. The average Bonchev–Trinajstić information content (AvgIpc) is 3.40. The lowest BCUT2D eigenvalue weighted by molar-refractivity contribution is 0.422. The van der Waals surface area contributed by atoms with E-state index < -0.39 is 0 Å². The van der Waals surface area contributed by atoms with E-state index in [0.29, 0.717) is 17.8 Å². The van der Waals surface area contributed by atoms with Gasteiger partial charge in [0.05, 0.1) is 16.7 Å². The van der Waals surface area contributed by atoms with Crippen molar-refractivity contribution in [3.63, 3.8) is 0 Å². The van der Waals surface area contributed by atoms with E-state index in [0.717, 1.165) is 46.7 Å². The van der Waals surface area contributed by atoms with E-state index >= 15 is 0 Å². The van der Waals surface area contributed by atoms with E-state index in [4.69, 9.17) is 25.0 Å². The fraction of sp³-hybridized carbons (Fsp3) is 0.480. The summed E-state index contributed by atoms with van der Waals surface area (Å²) in [7, 11) is 2.12. The molecule has 0 spiro atoms. The monoisotopic (exact) mass is 427 g/mol. The Morgan fingerprint density at radius 2 is 1.66 bits per heavy atom. The molecule has 0 amide bonds. The van der Waals surface area contributed by atoms with Gasteiger partial charge in [0, 0.05) is 30.9 Å². The molecule has 1 aromatic carbocycles. The molecule has 4 aromatic rings. The highest BCUT2D eigenvalue weighted by molar-refractivity contribution is 5.76. The van der Waals surface area contributed by atoms with Gasteiger partial charge in [0.2, 0.25) is 0 Å². The highest BCUT2D eigenvalue weighted by Crippen LogP contribution is 2.54. The van der Waals surface area contributed by atoms with Crippen LogP contribution in [0.15, 0.2) is 30.3 Å². The first-order valence-electron chi connectivity index (χ1n) is 11.8. The fourth-order valence-corrected chi connectivity index (χ4v) is 5.40. The predicted molar refractivity (Wildman–Crippen MR) is 123 cm³/mol. The number of hydrogen-bond acceptors (Lipinski definition) is 5. The van der Waals surface area contributed by atoms with Crippen molar-refractivity contribution in [1.29, 1.82) is 0 Å². The van der Waals surface area contributed by atoms with Gasteiger partial charge in [0.15, 0.2) is 5.82 Å². The summed E-state index contributed by atoms with van der Waals surface area (Å²) in [6.45, 7) is 3.95. The zero-order valence-electron chi connectivity index (χ0n) is 19.0. The van der Waals surface area contributed by atoms with Crippen LogP contribution in [0.3, 0.4) is 0 Å². The Morgan fingerprint density at radius 3 is 2.47 bits per heavy atom. The molecular formula is C25H29N7. The first-order chi connectivity index (χ1) is 15.6. The second kappa shape index (κ2) is 7.50. The molecule has 2 saturated carbocycles. The van der Waals surface area contributed by atoms with Crippen LogP contribution in [0, 0.1) is 13.8 Å². The lowest BCUT2D eigenvalue weighted by Gasteiger charge is -2.21. The van der Waals surface area contributed by atoms with Crippen molar-refractivity contribution in [1.82, 2.24) is 34.3 Å². The Hall–Kier alpha value is -3.09. The molecule has 32 heavy (non-hydrogen) atoms. The van der Waals surface area contributed by atoms with E-state index in [1.807, 2.05) is 24.6 Å². The number of fused-ring (bicyclic) bond motifs is 1. The van der Waals surface area contributed by atoms with Crippen LogP contribution in [-0.2, 0) is 7.05 Å². The lowest BCUT2D eigenvalue weighted by Crippen LogP contribution is -2.14. The second-order valence-corrected chi connectivity index (χ2v) is 9.43. The lowest BCUT2D eigenvalue weighted by atomic mass is 9.88. The number of imidazole rings is 1. The van der Waals surface area contributed by atoms with Gasteiger partial charge in [-0.15, -0.1) is 5.10 Å². The molecule has 0 radical (unpaired) electrons. The summed E-state index contributed by atoms with van der Waals surface area (Å²) >= 11 is 0. The molecule has 2 atom stereocenters. The highest BCUT2D eigenvalue weighted by atomic mass is 15.4. The number of benzene rings is 1. The van der Waals surface area contributed by atoms with E-state index in [2.05, 4.69) is 35.9 Å². The van der Waals surface area contributed by atoms with Gasteiger partial charge in [-0.2, -0.15) is 4.68 Å². The summed E-state index contributed by atoms with van der Waals surface area (Å²) < 4.78 is 4.22. The Morgan fingerprint density at radius 1 is 0.844 bits per heavy atom. The maximum atomic E-state index is 4.92. The number of hydrogen-bond donors (Lipinski definition) is 0. The molecule has 0 bridgehead atoms. The molecule has 164 valence electrons. The largest absolute Gasteiger partial charge is 0.331 e. The van der Waals surface area contributed by atoms with Crippen molar-refractivity contribution < 1.29 is 0 Å². The summed E-state index contributed by atoms with van der Waals surface area (Å²) in [4.78, 5) is 19.3. The molecule has 2 unspecified atom stereocenters. The topological polar surface area (TPSA) is 74.3 Å². The van der Waals surface area contributed by atoms with Crippen LogP contribution >= 0.6 is 0 Å². The van der Waals surface area contributed by atoms with Gasteiger partial charge in [0.25, 0.3) is 0 Å². The molecule has 7 heteroatoms. The maximum absolute atomic E-state index is 4.92. The molecule has 2 aliphatic rings. The summed E-state index contributed by atoms with van der Waals surface area (Å²) in [5.41, 5.74) is 3.33. The molecule has 3 aromatic heterocycles. The van der Waals surface area contributed by atoms with Gasteiger partial charge in [-0.1, -0.05) is 31.4 Å². The Balaban J connectivity index is 1.34. The van der Waals surface area contributed by atoms with Crippen LogP contribution in [0.5, 0.6) is 0 Å². The molecule has 2 fully saturated rings. The standard InChI is InChI=1S/C25H29N7/c1-15-26-21(18-13-19(18)25-29-20-11-7-8-12-22(20)31(25)3)14-23(27-15)32-24(28-16(2)30-32)17-9-5-4-6-10-17/h7-8,11-12,14,17-19H,4-6,9-10,13H2,1-3H3. The Labute approximate surface area is 187 Å². The molecular weight excluding hydrogens is 398 g/mol. The van der Waals surface area contributed by atoms with Gasteiger partial charge >= 0.3 is 0 Å². The summed E-state index contributed by atoms with van der Waals surface area (Å²) in [5, 5.41) is 4.74. The second-order valence-electron chi connectivity index (χ2n) is 9.43. The van der Waals surface area contributed by atoms with Crippen molar-refractivity contribution in [2.75, 3.05) is 0 Å². The number of aromatic nitrogens is 7. The number of rotatable bonds is 4. The molecule has 0 aliphatic heterocycles. The summed E-state index contributed by atoms with van der Waals surface area (Å²) in [5.74, 6) is 5.89. The van der Waals surface area contributed by atoms with Crippen molar-refractivity contribution in [3.8, 4) is 5.82 Å². The molecule has 6 rings (SSSR count). The minimum absolute atomic E-state index is 0.369. The normalized spacial score (nSPS) is 21.3. The fourth-order valence-electron chi connectivity index (χ4n) is 5.40. The van der Waals surface area contributed by atoms with E-state index in [-0.39, 0.29) is 0 Å². The van der Waals surface area contributed by atoms with Crippen molar-refractivity contribution >= 4 is 11.0 Å².